The molecular weight excluding hydrogens is 881 g/mol. The third-order valence-corrected chi connectivity index (χ3v) is 18.3. The van der Waals surface area contributed by atoms with E-state index in [1.54, 1.807) is 0 Å². The summed E-state index contributed by atoms with van der Waals surface area (Å²) in [5, 5.41) is 30.5. The molecule has 2 atom stereocenters. The van der Waals surface area contributed by atoms with Crippen LogP contribution in [0.25, 0.3) is 0 Å². The highest BCUT2D eigenvalue weighted by Gasteiger charge is 2.30. The smallest absolute Gasteiger partial charge is 0.122 e. The van der Waals surface area contributed by atoms with Gasteiger partial charge in [-0.2, -0.15) is 0 Å². The number of methoxy groups -OCH3 is 1. The first kappa shape index (κ1) is 54.1. The van der Waals surface area contributed by atoms with Crippen LogP contribution in [0.5, 0.6) is 5.75 Å². The van der Waals surface area contributed by atoms with E-state index in [9.17, 15) is 15.3 Å². The molecule has 4 saturated carbocycles. The van der Waals surface area contributed by atoms with E-state index in [-0.39, 0.29) is 25.7 Å². The minimum atomic E-state index is 0.0521. The lowest BCUT2D eigenvalue weighted by Crippen LogP contribution is -2.16. The molecule has 0 spiro atoms. The van der Waals surface area contributed by atoms with Gasteiger partial charge < -0.3 is 20.1 Å². The lowest BCUT2D eigenvalue weighted by Gasteiger charge is -2.31. The summed E-state index contributed by atoms with van der Waals surface area (Å²) in [7, 11) is 1.83. The van der Waals surface area contributed by atoms with E-state index in [1.807, 2.05) is 13.2 Å². The molecule has 0 aliphatic heterocycles. The fourth-order valence-electron chi connectivity index (χ4n) is 14.4. The molecule has 0 bridgehead atoms. The van der Waals surface area contributed by atoms with Crippen LogP contribution in [0.15, 0.2) is 72.8 Å². The Balaban J connectivity index is 0.000000194. The summed E-state index contributed by atoms with van der Waals surface area (Å²) >= 11 is 0. The van der Waals surface area contributed by atoms with Crippen LogP contribution in [0.4, 0.5) is 0 Å². The maximum atomic E-state index is 10.3. The summed E-state index contributed by atoms with van der Waals surface area (Å²) in [6, 6.07) is 27.8. The minimum Gasteiger partial charge on any atom is -0.496 e. The van der Waals surface area contributed by atoms with E-state index < -0.39 is 0 Å². The molecule has 4 aliphatic carbocycles. The Hall–Kier alpha value is -4.22. The molecule has 4 fully saturated rings. The van der Waals surface area contributed by atoms with Gasteiger partial charge in [0.25, 0.3) is 0 Å². The van der Waals surface area contributed by atoms with E-state index in [0.29, 0.717) is 35.5 Å². The number of ether oxygens (including phenoxy) is 1. The highest BCUT2D eigenvalue weighted by Crippen LogP contribution is 2.47. The second kappa shape index (κ2) is 25.3. The quantitative estimate of drug-likeness (QED) is 0.0970. The molecule has 0 heterocycles. The number of aliphatic hydroxyl groups excluding tert-OH is 3. The van der Waals surface area contributed by atoms with E-state index in [0.717, 1.165) is 22.4 Å². The molecule has 4 nitrogen and oxygen atoms in total. The molecule has 5 aromatic carbocycles. The van der Waals surface area contributed by atoms with Gasteiger partial charge in [-0.3, -0.25) is 0 Å². The molecule has 0 radical (unpaired) electrons. The molecule has 4 heteroatoms. The van der Waals surface area contributed by atoms with Crippen molar-refractivity contribution in [2.75, 3.05) is 7.11 Å². The van der Waals surface area contributed by atoms with Gasteiger partial charge in [0.15, 0.2) is 0 Å². The molecule has 0 amide bonds. The van der Waals surface area contributed by atoms with Crippen molar-refractivity contribution >= 4 is 0 Å². The fourth-order valence-corrected chi connectivity index (χ4v) is 14.4. The van der Waals surface area contributed by atoms with Gasteiger partial charge in [0, 0.05) is 11.8 Å². The summed E-state index contributed by atoms with van der Waals surface area (Å²) in [5.74, 6) is 4.41. The van der Waals surface area contributed by atoms with Crippen LogP contribution in [-0.4, -0.2) is 22.4 Å². The van der Waals surface area contributed by atoms with Crippen molar-refractivity contribution in [3.8, 4) is 5.75 Å². The predicted molar refractivity (Wildman–Crippen MR) is 301 cm³/mol. The van der Waals surface area contributed by atoms with Gasteiger partial charge in [0.05, 0.1) is 26.9 Å². The molecule has 3 N–H and O–H groups in total. The van der Waals surface area contributed by atoms with Crippen LogP contribution in [0.2, 0.25) is 0 Å². The number of benzene rings is 5. The first-order valence-corrected chi connectivity index (χ1v) is 28.9. The van der Waals surface area contributed by atoms with E-state index in [2.05, 4.69) is 115 Å². The summed E-state index contributed by atoms with van der Waals surface area (Å²) in [4.78, 5) is 0. The monoisotopic (exact) mass is 973 g/mol. The zero-order chi connectivity index (χ0) is 50.9. The van der Waals surface area contributed by atoms with Crippen molar-refractivity contribution < 1.29 is 20.1 Å². The second-order valence-corrected chi connectivity index (χ2v) is 23.5. The number of aryl methyl sites for hydroxylation is 5. The first-order chi connectivity index (χ1) is 34.9. The Morgan fingerprint density at radius 3 is 1.29 bits per heavy atom. The van der Waals surface area contributed by atoms with Crippen LogP contribution >= 0.6 is 0 Å². The first-order valence-electron chi connectivity index (χ1n) is 28.9. The van der Waals surface area contributed by atoms with Gasteiger partial charge in [-0.05, 0) is 216 Å². The van der Waals surface area contributed by atoms with E-state index >= 15 is 0 Å². The van der Waals surface area contributed by atoms with Crippen LogP contribution in [-0.2, 0) is 19.8 Å². The van der Waals surface area contributed by atoms with Crippen LogP contribution in [0.1, 0.15) is 272 Å². The Kier molecular flexibility index (Phi) is 19.0. The fraction of sp³-hybridized carbons (Fsp3) is 0.559. The normalized spacial score (nSPS) is 18.4. The van der Waals surface area contributed by atoms with Gasteiger partial charge in [-0.15, -0.1) is 0 Å². The third kappa shape index (κ3) is 12.3. The Bertz CT molecular complexity index is 2480. The second-order valence-electron chi connectivity index (χ2n) is 23.5. The van der Waals surface area contributed by atoms with Crippen molar-refractivity contribution in [2.45, 2.75) is 232 Å². The molecule has 0 aromatic heterocycles. The minimum absolute atomic E-state index is 0.0521. The largest absolute Gasteiger partial charge is 0.496 e. The van der Waals surface area contributed by atoms with Gasteiger partial charge in [0.2, 0.25) is 0 Å². The summed E-state index contributed by atoms with van der Waals surface area (Å²) in [5.41, 5.74) is 22.5. The molecular formula is C68H92O4. The topological polar surface area (TPSA) is 69.9 Å². The van der Waals surface area contributed by atoms with E-state index in [1.165, 1.54) is 206 Å². The average Bonchev–Trinajstić information content (AvgIpc) is 3.41. The maximum Gasteiger partial charge on any atom is 0.122 e. The van der Waals surface area contributed by atoms with Gasteiger partial charge >= 0.3 is 0 Å². The summed E-state index contributed by atoms with van der Waals surface area (Å²) < 4.78 is 5.90. The van der Waals surface area contributed by atoms with E-state index in [4.69, 9.17) is 4.74 Å². The highest BCUT2D eigenvalue weighted by molar-refractivity contribution is 5.55. The molecule has 4 aliphatic rings. The average molecular weight is 973 g/mol. The predicted octanol–water partition coefficient (Wildman–Crippen LogP) is 17.6. The molecule has 9 rings (SSSR count). The van der Waals surface area contributed by atoms with Gasteiger partial charge in [-0.25, -0.2) is 0 Å². The zero-order valence-electron chi connectivity index (χ0n) is 46.0. The molecule has 2 unspecified atom stereocenters. The van der Waals surface area contributed by atoms with Crippen molar-refractivity contribution in [1.82, 2.24) is 0 Å². The zero-order valence-corrected chi connectivity index (χ0v) is 46.0. The highest BCUT2D eigenvalue weighted by atomic mass is 16.5. The van der Waals surface area contributed by atoms with Crippen LogP contribution in [0, 0.1) is 40.5 Å². The SMILES string of the molecule is COc1cc(C)c(C(c2cc(C3CCCCC3)c(CO)cc2C)C(C)C)cc1C1CCCCC1.Cc1cc(C)c(C(c2cccc(CO)c2)c2cc(C3CCCCC3)c(CO)cc2C)cc1C1CCCCC1. The van der Waals surface area contributed by atoms with Crippen LogP contribution in [0.3, 0.4) is 0 Å². The molecule has 5 aromatic rings. The number of hydrogen-bond acceptors (Lipinski definition) is 4. The number of aliphatic hydroxyl groups is 3. The lowest BCUT2D eigenvalue weighted by molar-refractivity contribution is 0.278. The van der Waals surface area contributed by atoms with Crippen LogP contribution < -0.4 is 4.74 Å². The lowest BCUT2D eigenvalue weighted by atomic mass is 9.74. The number of hydrogen-bond donors (Lipinski definition) is 3. The molecule has 72 heavy (non-hydrogen) atoms. The van der Waals surface area contributed by atoms with Gasteiger partial charge in [0.1, 0.15) is 5.75 Å². The number of rotatable bonds is 14. The summed E-state index contributed by atoms with van der Waals surface area (Å²) in [6.07, 6.45) is 26.0. The van der Waals surface area contributed by atoms with Crippen molar-refractivity contribution in [3.63, 3.8) is 0 Å². The standard InChI is InChI=1S/C36H46O2.C32H46O2/c1-24-17-25(2)33(20-32(24)28-12-6-4-7-13-28)36(30-16-10-11-27(19-30)22-37)34-21-35(29-14-8-5-9-15-29)31(23-38)18-26(34)3;1-21(2)32(27-18-29(24-12-8-6-9-13-24)26(20-33)16-22(27)3)28-19-30(25-14-10-7-11-15-25)31(34-5)17-23(28)4/h10-11,16-21,28-29,36-38H,4-9,12-15,22-23H2,1-3H3;16-19,21,24-25,32-33H,6-15,20H2,1-5H3. The Morgan fingerprint density at radius 1 is 0.431 bits per heavy atom. The Labute approximate surface area is 436 Å². The molecule has 388 valence electrons. The van der Waals surface area contributed by atoms with Crippen molar-refractivity contribution in [3.05, 3.63) is 167 Å². The van der Waals surface area contributed by atoms with Gasteiger partial charge in [-0.1, -0.05) is 158 Å². The Morgan fingerprint density at radius 2 is 0.833 bits per heavy atom. The maximum absolute atomic E-state index is 10.3. The summed E-state index contributed by atoms with van der Waals surface area (Å²) in [6.45, 7) is 16.3. The molecule has 0 saturated heterocycles. The van der Waals surface area contributed by atoms with Crippen molar-refractivity contribution in [2.24, 2.45) is 5.92 Å². The van der Waals surface area contributed by atoms with Crippen molar-refractivity contribution in [1.29, 1.82) is 0 Å². The third-order valence-electron chi connectivity index (χ3n) is 18.3.